The molecule has 2 rings (SSSR count). The van der Waals surface area contributed by atoms with Gasteiger partial charge in [0.1, 0.15) is 0 Å². The van der Waals surface area contributed by atoms with Gasteiger partial charge in [0.05, 0.1) is 6.54 Å². The van der Waals surface area contributed by atoms with Gasteiger partial charge in [0.2, 0.25) is 0 Å². The third-order valence-corrected chi connectivity index (χ3v) is 4.43. The molecule has 0 aromatic rings. The number of likely N-dealkylation sites (tertiary alicyclic amines) is 1. The standard InChI is InChI=1S/C14H29N5.HI/c1-17(2)12-6-9-19(10-7-12)11-8-16-14(15)18(3)13-4-5-13;/h12-13H,4-11H2,1-3H3,(H2,15,16);1H. The van der Waals surface area contributed by atoms with Crippen LogP contribution < -0.4 is 5.73 Å². The summed E-state index contributed by atoms with van der Waals surface area (Å²) >= 11 is 0. The number of hydrogen-bond donors (Lipinski definition) is 1. The molecule has 2 fully saturated rings. The van der Waals surface area contributed by atoms with Gasteiger partial charge in [0, 0.05) is 25.7 Å². The monoisotopic (exact) mass is 395 g/mol. The normalized spacial score (nSPS) is 21.9. The van der Waals surface area contributed by atoms with Crippen molar-refractivity contribution in [2.75, 3.05) is 47.3 Å². The zero-order valence-electron chi connectivity index (χ0n) is 13.1. The maximum Gasteiger partial charge on any atom is 0.191 e. The molecule has 0 atom stereocenters. The van der Waals surface area contributed by atoms with Crippen LogP contribution in [0.2, 0.25) is 0 Å². The fourth-order valence-electron chi connectivity index (χ4n) is 2.73. The highest BCUT2D eigenvalue weighted by Gasteiger charge is 2.27. The predicted octanol–water partition coefficient (Wildman–Crippen LogP) is 1.04. The van der Waals surface area contributed by atoms with Gasteiger partial charge < -0.3 is 20.4 Å². The molecule has 20 heavy (non-hydrogen) atoms. The van der Waals surface area contributed by atoms with Crippen molar-refractivity contribution < 1.29 is 0 Å². The number of guanidine groups is 1. The minimum atomic E-state index is 0. The Morgan fingerprint density at radius 1 is 1.10 bits per heavy atom. The topological polar surface area (TPSA) is 48.1 Å². The van der Waals surface area contributed by atoms with Crippen LogP contribution in [-0.2, 0) is 0 Å². The van der Waals surface area contributed by atoms with Crippen LogP contribution in [-0.4, -0.2) is 80.1 Å². The highest BCUT2D eigenvalue weighted by Crippen LogP contribution is 2.24. The molecule has 118 valence electrons. The molecule has 0 amide bonds. The highest BCUT2D eigenvalue weighted by atomic mass is 127. The van der Waals surface area contributed by atoms with E-state index < -0.39 is 0 Å². The van der Waals surface area contributed by atoms with Gasteiger partial charge in [0.15, 0.2) is 5.96 Å². The molecule has 1 aliphatic carbocycles. The maximum absolute atomic E-state index is 5.99. The summed E-state index contributed by atoms with van der Waals surface area (Å²) in [5.74, 6) is 0.714. The van der Waals surface area contributed by atoms with Crippen molar-refractivity contribution in [2.45, 2.75) is 37.8 Å². The van der Waals surface area contributed by atoms with Crippen molar-refractivity contribution in [1.29, 1.82) is 0 Å². The van der Waals surface area contributed by atoms with E-state index in [1.54, 1.807) is 0 Å². The van der Waals surface area contributed by atoms with Crippen LogP contribution in [0, 0.1) is 0 Å². The van der Waals surface area contributed by atoms with Crippen molar-refractivity contribution in [1.82, 2.24) is 14.7 Å². The number of nitrogens with zero attached hydrogens (tertiary/aromatic N) is 4. The van der Waals surface area contributed by atoms with Crippen LogP contribution in [0.15, 0.2) is 4.99 Å². The quantitative estimate of drug-likeness (QED) is 0.430. The molecule has 0 radical (unpaired) electrons. The third kappa shape index (κ3) is 5.37. The molecule has 1 heterocycles. The molecular formula is C14H30IN5. The minimum Gasteiger partial charge on any atom is -0.370 e. The molecule has 1 saturated heterocycles. The molecule has 2 N–H and O–H groups in total. The zero-order chi connectivity index (χ0) is 13.8. The van der Waals surface area contributed by atoms with Crippen molar-refractivity contribution >= 4 is 29.9 Å². The molecule has 5 nitrogen and oxygen atoms in total. The number of nitrogens with two attached hydrogens (primary N) is 1. The number of halogens is 1. The molecule has 1 aliphatic heterocycles. The molecule has 0 unspecified atom stereocenters. The number of hydrogen-bond acceptors (Lipinski definition) is 3. The summed E-state index contributed by atoms with van der Waals surface area (Å²) in [6.45, 7) is 4.25. The van der Waals surface area contributed by atoms with Gasteiger partial charge in [-0.05, 0) is 52.9 Å². The first-order chi connectivity index (χ1) is 9.08. The molecule has 1 saturated carbocycles. The van der Waals surface area contributed by atoms with Crippen molar-refractivity contribution in [3.05, 3.63) is 0 Å². The summed E-state index contributed by atoms with van der Waals surface area (Å²) in [4.78, 5) is 11.5. The Bertz CT molecular complexity index is 309. The van der Waals surface area contributed by atoms with Crippen LogP contribution in [0.5, 0.6) is 0 Å². The Balaban J connectivity index is 0.00000200. The van der Waals surface area contributed by atoms with Crippen molar-refractivity contribution in [3.63, 3.8) is 0 Å². The lowest BCUT2D eigenvalue weighted by Gasteiger charge is -2.34. The Labute approximate surface area is 140 Å². The van der Waals surface area contributed by atoms with Gasteiger partial charge in [-0.15, -0.1) is 24.0 Å². The van der Waals surface area contributed by atoms with Crippen LogP contribution in [0.4, 0.5) is 0 Å². The lowest BCUT2D eigenvalue weighted by atomic mass is 10.0. The lowest BCUT2D eigenvalue weighted by Crippen LogP contribution is -2.43. The van der Waals surface area contributed by atoms with Crippen molar-refractivity contribution in [2.24, 2.45) is 10.7 Å². The minimum absolute atomic E-state index is 0. The van der Waals surface area contributed by atoms with E-state index in [4.69, 9.17) is 5.73 Å². The van der Waals surface area contributed by atoms with E-state index in [1.807, 2.05) is 0 Å². The van der Waals surface area contributed by atoms with Crippen LogP contribution >= 0.6 is 24.0 Å². The summed E-state index contributed by atoms with van der Waals surface area (Å²) in [5.41, 5.74) is 5.99. The SMILES string of the molecule is CN(C)C1CCN(CCN=C(N)N(C)C2CC2)CC1.I. The van der Waals surface area contributed by atoms with Crippen molar-refractivity contribution in [3.8, 4) is 0 Å². The van der Waals surface area contributed by atoms with E-state index in [2.05, 4.69) is 40.8 Å². The average Bonchev–Trinajstić information content (AvgIpc) is 3.22. The van der Waals surface area contributed by atoms with E-state index in [-0.39, 0.29) is 24.0 Å². The Hall–Kier alpha value is -0.0800. The Morgan fingerprint density at radius 3 is 2.20 bits per heavy atom. The summed E-state index contributed by atoms with van der Waals surface area (Å²) in [7, 11) is 6.41. The van der Waals surface area contributed by atoms with Gasteiger partial charge in [-0.25, -0.2) is 0 Å². The van der Waals surface area contributed by atoms with Gasteiger partial charge in [-0.1, -0.05) is 0 Å². The van der Waals surface area contributed by atoms with Crippen LogP contribution in [0.1, 0.15) is 25.7 Å². The van der Waals surface area contributed by atoms with Crippen LogP contribution in [0.3, 0.4) is 0 Å². The summed E-state index contributed by atoms with van der Waals surface area (Å²) in [6, 6.07) is 1.41. The predicted molar refractivity (Wildman–Crippen MR) is 95.8 cm³/mol. The first kappa shape index (κ1) is 18.0. The summed E-state index contributed by atoms with van der Waals surface area (Å²) < 4.78 is 0. The molecule has 0 aromatic heterocycles. The van der Waals surface area contributed by atoms with E-state index >= 15 is 0 Å². The van der Waals surface area contributed by atoms with E-state index in [9.17, 15) is 0 Å². The van der Waals surface area contributed by atoms with Gasteiger partial charge in [-0.2, -0.15) is 0 Å². The lowest BCUT2D eigenvalue weighted by molar-refractivity contribution is 0.148. The fraction of sp³-hybridized carbons (Fsp3) is 0.929. The van der Waals surface area contributed by atoms with Gasteiger partial charge in [0.25, 0.3) is 0 Å². The summed E-state index contributed by atoms with van der Waals surface area (Å²) in [6.07, 6.45) is 5.08. The van der Waals surface area contributed by atoms with E-state index in [1.165, 1.54) is 38.8 Å². The molecule has 0 aromatic carbocycles. The number of rotatable bonds is 5. The molecule has 0 spiro atoms. The number of aliphatic imine (C=N–C) groups is 1. The maximum atomic E-state index is 5.99. The summed E-state index contributed by atoms with van der Waals surface area (Å²) in [5, 5.41) is 0. The second kappa shape index (κ2) is 8.38. The molecule has 6 heteroatoms. The number of piperidine rings is 1. The Kier molecular flexibility index (Phi) is 7.53. The van der Waals surface area contributed by atoms with Gasteiger partial charge >= 0.3 is 0 Å². The molecular weight excluding hydrogens is 365 g/mol. The van der Waals surface area contributed by atoms with Crippen LogP contribution in [0.25, 0.3) is 0 Å². The second-order valence-corrected chi connectivity index (χ2v) is 6.12. The van der Waals surface area contributed by atoms with Gasteiger partial charge in [-0.3, -0.25) is 4.99 Å². The smallest absolute Gasteiger partial charge is 0.191 e. The Morgan fingerprint density at radius 2 is 1.70 bits per heavy atom. The highest BCUT2D eigenvalue weighted by molar-refractivity contribution is 14.0. The third-order valence-electron chi connectivity index (χ3n) is 4.43. The molecule has 0 bridgehead atoms. The van der Waals surface area contributed by atoms with E-state index in [0.717, 1.165) is 19.1 Å². The average molecular weight is 395 g/mol. The zero-order valence-corrected chi connectivity index (χ0v) is 15.4. The molecule has 2 aliphatic rings. The fourth-order valence-corrected chi connectivity index (χ4v) is 2.73. The first-order valence-corrected chi connectivity index (χ1v) is 7.49. The first-order valence-electron chi connectivity index (χ1n) is 7.49. The van der Waals surface area contributed by atoms with E-state index in [0.29, 0.717) is 12.0 Å². The second-order valence-electron chi connectivity index (χ2n) is 6.12. The largest absolute Gasteiger partial charge is 0.370 e.